The molecule has 1 fully saturated rings. The maximum absolute atomic E-state index is 11.8. The van der Waals surface area contributed by atoms with Gasteiger partial charge in [0.15, 0.2) is 5.79 Å². The van der Waals surface area contributed by atoms with E-state index in [1.54, 1.807) is 6.08 Å². The summed E-state index contributed by atoms with van der Waals surface area (Å²) in [6.45, 7) is 5.73. The van der Waals surface area contributed by atoms with Crippen LogP contribution < -0.4 is 0 Å². The Kier molecular flexibility index (Phi) is 4.83. The van der Waals surface area contributed by atoms with Gasteiger partial charge in [0.1, 0.15) is 18.3 Å². The lowest BCUT2D eigenvalue weighted by Crippen LogP contribution is -2.38. The van der Waals surface area contributed by atoms with E-state index in [1.165, 1.54) is 0 Å². The molecule has 2 unspecified atom stereocenters. The van der Waals surface area contributed by atoms with Crippen molar-refractivity contribution >= 4 is 5.97 Å². The molecule has 0 saturated carbocycles. The van der Waals surface area contributed by atoms with Gasteiger partial charge in [0.05, 0.1) is 6.10 Å². The zero-order chi connectivity index (χ0) is 14.8. The molecule has 0 aromatic rings. The Balaban J connectivity index is 2.23. The quantitative estimate of drug-likeness (QED) is 0.620. The predicted octanol–water partition coefficient (Wildman–Crippen LogP) is 1.93. The molecule has 0 aromatic carbocycles. The standard InChI is InChI=1S/C15H24O5/c1-4-5-11-14-12(19-15(2,3)20-14)8-6-10(16)7-9-13(17)18-11/h6,8,10-12,14,16H,4-5,7,9H2,1-3H3/t10?,11?,12-,14+/m0/s1. The molecule has 5 nitrogen and oxygen atoms in total. The predicted molar refractivity (Wildman–Crippen MR) is 73.0 cm³/mol. The van der Waals surface area contributed by atoms with Crippen molar-refractivity contribution in [3.05, 3.63) is 12.2 Å². The van der Waals surface area contributed by atoms with Crippen molar-refractivity contribution in [3.63, 3.8) is 0 Å². The highest BCUT2D eigenvalue weighted by Crippen LogP contribution is 2.33. The zero-order valence-electron chi connectivity index (χ0n) is 12.4. The minimum Gasteiger partial charge on any atom is -0.459 e. The van der Waals surface area contributed by atoms with Gasteiger partial charge in [-0.05, 0) is 26.7 Å². The second-order valence-corrected chi connectivity index (χ2v) is 5.87. The van der Waals surface area contributed by atoms with Gasteiger partial charge < -0.3 is 19.3 Å². The molecule has 20 heavy (non-hydrogen) atoms. The minimum atomic E-state index is -0.711. The van der Waals surface area contributed by atoms with Crippen molar-refractivity contribution in [2.45, 2.75) is 76.7 Å². The van der Waals surface area contributed by atoms with E-state index < -0.39 is 11.9 Å². The summed E-state index contributed by atoms with van der Waals surface area (Å²) in [5.41, 5.74) is 0. The van der Waals surface area contributed by atoms with Gasteiger partial charge in [-0.2, -0.15) is 0 Å². The highest BCUT2D eigenvalue weighted by atomic mass is 16.8. The van der Waals surface area contributed by atoms with Crippen molar-refractivity contribution in [1.29, 1.82) is 0 Å². The highest BCUT2D eigenvalue weighted by molar-refractivity contribution is 5.69. The molecule has 2 rings (SSSR count). The lowest BCUT2D eigenvalue weighted by Gasteiger charge is -2.26. The Morgan fingerprint density at radius 3 is 2.80 bits per heavy atom. The van der Waals surface area contributed by atoms with Crippen LogP contribution in [0.2, 0.25) is 0 Å². The summed E-state index contributed by atoms with van der Waals surface area (Å²) in [5.74, 6) is -0.998. The van der Waals surface area contributed by atoms with E-state index in [1.807, 2.05) is 26.8 Å². The number of aliphatic hydroxyl groups is 1. The minimum absolute atomic E-state index is 0.216. The molecule has 0 amide bonds. The molecule has 4 atom stereocenters. The SMILES string of the molecule is CCCC1OC(=O)CCC(O)C=C[C@@H]2OC(C)(C)O[C@H]12. The third kappa shape index (κ3) is 3.81. The van der Waals surface area contributed by atoms with E-state index in [-0.39, 0.29) is 30.7 Å². The van der Waals surface area contributed by atoms with Crippen molar-refractivity contribution < 1.29 is 24.1 Å². The first kappa shape index (κ1) is 15.5. The largest absolute Gasteiger partial charge is 0.459 e. The van der Waals surface area contributed by atoms with E-state index in [0.717, 1.165) is 12.8 Å². The average molecular weight is 284 g/mol. The number of esters is 1. The number of hydrogen-bond acceptors (Lipinski definition) is 5. The Labute approximate surface area is 119 Å². The Morgan fingerprint density at radius 1 is 1.35 bits per heavy atom. The first-order valence-corrected chi connectivity index (χ1v) is 7.33. The van der Waals surface area contributed by atoms with Crippen molar-refractivity contribution in [1.82, 2.24) is 0 Å². The molecule has 0 bridgehead atoms. The van der Waals surface area contributed by atoms with Gasteiger partial charge in [0.2, 0.25) is 0 Å². The number of aliphatic hydroxyl groups excluding tert-OH is 1. The Hall–Kier alpha value is -0.910. The number of cyclic esters (lactones) is 1. The molecule has 5 heteroatoms. The van der Waals surface area contributed by atoms with E-state index >= 15 is 0 Å². The molecule has 0 aliphatic carbocycles. The summed E-state index contributed by atoms with van der Waals surface area (Å²) < 4.78 is 17.3. The fourth-order valence-electron chi connectivity index (χ4n) is 2.66. The average Bonchev–Trinajstić information content (AvgIpc) is 2.68. The van der Waals surface area contributed by atoms with Crippen LogP contribution in [0.15, 0.2) is 12.2 Å². The van der Waals surface area contributed by atoms with E-state index in [4.69, 9.17) is 14.2 Å². The van der Waals surface area contributed by atoms with Gasteiger partial charge in [-0.1, -0.05) is 25.5 Å². The van der Waals surface area contributed by atoms with Gasteiger partial charge in [-0.15, -0.1) is 0 Å². The van der Waals surface area contributed by atoms with E-state index in [0.29, 0.717) is 6.42 Å². The molecule has 1 N–H and O–H groups in total. The molecule has 2 aliphatic heterocycles. The number of hydrogen-bond donors (Lipinski definition) is 1. The Bertz CT molecular complexity index is 376. The maximum atomic E-state index is 11.8. The molecule has 0 spiro atoms. The van der Waals surface area contributed by atoms with Crippen LogP contribution in [0.25, 0.3) is 0 Å². The van der Waals surface area contributed by atoms with Crippen LogP contribution in [0.3, 0.4) is 0 Å². The number of rotatable bonds is 2. The van der Waals surface area contributed by atoms with Crippen molar-refractivity contribution in [2.75, 3.05) is 0 Å². The molecule has 0 radical (unpaired) electrons. The van der Waals surface area contributed by atoms with Crippen molar-refractivity contribution in [2.24, 2.45) is 0 Å². The summed E-state index contributed by atoms with van der Waals surface area (Å²) in [6.07, 6.45) is 4.15. The number of carbonyl (C=O) groups is 1. The fraction of sp³-hybridized carbons (Fsp3) is 0.800. The number of ether oxygens (including phenoxy) is 3. The first-order valence-electron chi connectivity index (χ1n) is 7.33. The smallest absolute Gasteiger partial charge is 0.306 e. The molecule has 114 valence electrons. The highest BCUT2D eigenvalue weighted by Gasteiger charge is 2.45. The molecule has 0 aromatic heterocycles. The van der Waals surface area contributed by atoms with Crippen LogP contribution in [0.4, 0.5) is 0 Å². The molecule has 2 heterocycles. The monoisotopic (exact) mass is 284 g/mol. The zero-order valence-corrected chi connectivity index (χ0v) is 12.4. The van der Waals surface area contributed by atoms with Gasteiger partial charge in [0.25, 0.3) is 0 Å². The molecular weight excluding hydrogens is 260 g/mol. The maximum Gasteiger partial charge on any atom is 0.306 e. The van der Waals surface area contributed by atoms with Crippen LogP contribution in [-0.4, -0.2) is 41.3 Å². The topological polar surface area (TPSA) is 65.0 Å². The normalized spacial score (nSPS) is 37.3. The van der Waals surface area contributed by atoms with E-state index in [9.17, 15) is 9.90 Å². The molecular formula is C15H24O5. The third-order valence-electron chi connectivity index (χ3n) is 3.55. The molecule has 1 saturated heterocycles. The van der Waals surface area contributed by atoms with Gasteiger partial charge in [-0.25, -0.2) is 0 Å². The van der Waals surface area contributed by atoms with Crippen LogP contribution >= 0.6 is 0 Å². The van der Waals surface area contributed by atoms with Crippen LogP contribution in [-0.2, 0) is 19.0 Å². The lowest BCUT2D eigenvalue weighted by atomic mass is 10.0. The summed E-state index contributed by atoms with van der Waals surface area (Å²) in [6, 6.07) is 0. The summed E-state index contributed by atoms with van der Waals surface area (Å²) in [7, 11) is 0. The second-order valence-electron chi connectivity index (χ2n) is 5.87. The van der Waals surface area contributed by atoms with Gasteiger partial charge in [-0.3, -0.25) is 4.79 Å². The van der Waals surface area contributed by atoms with Gasteiger partial charge in [0, 0.05) is 6.42 Å². The summed E-state index contributed by atoms with van der Waals surface area (Å²) >= 11 is 0. The van der Waals surface area contributed by atoms with Crippen LogP contribution in [0.5, 0.6) is 0 Å². The second kappa shape index (κ2) is 6.24. The Morgan fingerprint density at radius 2 is 2.10 bits per heavy atom. The van der Waals surface area contributed by atoms with Gasteiger partial charge >= 0.3 is 5.97 Å². The number of carbonyl (C=O) groups excluding carboxylic acids is 1. The third-order valence-corrected chi connectivity index (χ3v) is 3.55. The van der Waals surface area contributed by atoms with Crippen molar-refractivity contribution in [3.8, 4) is 0 Å². The van der Waals surface area contributed by atoms with Crippen LogP contribution in [0.1, 0.15) is 46.5 Å². The fourth-order valence-corrected chi connectivity index (χ4v) is 2.66. The summed E-state index contributed by atoms with van der Waals surface area (Å²) in [4.78, 5) is 11.8. The van der Waals surface area contributed by atoms with Crippen LogP contribution in [0, 0.1) is 0 Å². The summed E-state index contributed by atoms with van der Waals surface area (Å²) in [5, 5.41) is 9.78. The van der Waals surface area contributed by atoms with E-state index in [2.05, 4.69) is 0 Å². The first-order chi connectivity index (χ1) is 9.41. The lowest BCUT2D eigenvalue weighted by molar-refractivity contribution is -0.171. The number of fused-ring (bicyclic) bond motifs is 1. The molecule has 2 aliphatic rings.